The molecule has 5 atom stereocenters. The number of unbranched alkanes of at least 4 members (excludes halogenated alkanes) is 3. The Labute approximate surface area is 178 Å². The second-order valence-corrected chi connectivity index (χ2v) is 7.25. The molecule has 0 aromatic heterocycles. The molecule has 1 aliphatic heterocycles. The molecule has 2 N–H and O–H groups in total. The van der Waals surface area contributed by atoms with Crippen molar-refractivity contribution in [2.45, 2.75) is 76.6 Å². The smallest absolute Gasteiger partial charge is 0.550 e. The number of fused-ring (bicyclic) bond motifs is 1. The molecule has 1 saturated carbocycles. The summed E-state index contributed by atoms with van der Waals surface area (Å²) in [6.07, 6.45) is 10.9. The summed E-state index contributed by atoms with van der Waals surface area (Å²) in [6, 6.07) is 0. The summed E-state index contributed by atoms with van der Waals surface area (Å²) in [5, 5.41) is 30.9. The Bertz CT molecular complexity index is 491. The van der Waals surface area contributed by atoms with Crippen molar-refractivity contribution in [1.82, 2.24) is 0 Å². The number of carboxylic acids is 1. The van der Waals surface area contributed by atoms with Gasteiger partial charge in [-0.25, -0.2) is 0 Å². The maximum Gasteiger partial charge on any atom is 1.00 e. The molecule has 5 unspecified atom stereocenters. The topological polar surface area (TPSA) is 89.8 Å². The SMILES string of the molecule is CCCCCC(O)C=CC1C(O)CC2OCC(=CCCCC(=O)[O-])C21.[Na+]. The summed E-state index contributed by atoms with van der Waals surface area (Å²) in [5.41, 5.74) is 1.15. The Hall–Kier alpha value is -0.170. The van der Waals surface area contributed by atoms with Crippen LogP contribution in [0.5, 0.6) is 0 Å². The minimum Gasteiger partial charge on any atom is -0.550 e. The number of rotatable bonds is 10. The molecule has 0 amide bonds. The zero-order valence-corrected chi connectivity index (χ0v) is 18.1. The van der Waals surface area contributed by atoms with Crippen molar-refractivity contribution in [1.29, 1.82) is 0 Å². The second kappa shape index (κ2) is 12.3. The first-order chi connectivity index (χ1) is 12.0. The van der Waals surface area contributed by atoms with Crippen LogP contribution in [0.3, 0.4) is 0 Å². The van der Waals surface area contributed by atoms with Gasteiger partial charge in [-0.05, 0) is 31.3 Å². The Morgan fingerprint density at radius 2 is 2.15 bits per heavy atom. The molecule has 0 aromatic carbocycles. The minimum atomic E-state index is -1.02. The molecule has 2 rings (SSSR count). The molecule has 0 bridgehead atoms. The van der Waals surface area contributed by atoms with E-state index >= 15 is 0 Å². The van der Waals surface area contributed by atoms with Gasteiger partial charge in [0.2, 0.25) is 0 Å². The Morgan fingerprint density at radius 3 is 2.85 bits per heavy atom. The fourth-order valence-electron chi connectivity index (χ4n) is 3.92. The van der Waals surface area contributed by atoms with E-state index in [1.54, 1.807) is 0 Å². The number of aliphatic hydroxyl groups excluding tert-OH is 2. The molecule has 142 valence electrons. The van der Waals surface area contributed by atoms with Crippen LogP contribution in [0, 0.1) is 11.8 Å². The first-order valence-electron chi connectivity index (χ1n) is 9.57. The van der Waals surface area contributed by atoms with Gasteiger partial charge in [0.25, 0.3) is 0 Å². The first-order valence-corrected chi connectivity index (χ1v) is 9.57. The van der Waals surface area contributed by atoms with Crippen molar-refractivity contribution in [2.75, 3.05) is 6.61 Å². The Balaban J connectivity index is 0.00000338. The second-order valence-electron chi connectivity index (χ2n) is 7.25. The molecule has 1 aliphatic carbocycles. The number of carbonyl (C=O) groups excluding carboxylic acids is 1. The largest absolute Gasteiger partial charge is 1.00 e. The van der Waals surface area contributed by atoms with Crippen LogP contribution in [0.4, 0.5) is 0 Å². The van der Waals surface area contributed by atoms with E-state index in [2.05, 4.69) is 13.0 Å². The molecule has 26 heavy (non-hydrogen) atoms. The summed E-state index contributed by atoms with van der Waals surface area (Å²) >= 11 is 0. The van der Waals surface area contributed by atoms with E-state index in [0.717, 1.165) is 31.3 Å². The number of carboxylic acid groups (broad SMARTS) is 1. The van der Waals surface area contributed by atoms with Crippen LogP contribution in [0.2, 0.25) is 0 Å². The maximum atomic E-state index is 10.5. The Kier molecular flexibility index (Phi) is 11.3. The third-order valence-electron chi connectivity index (χ3n) is 5.28. The van der Waals surface area contributed by atoms with Crippen LogP contribution in [-0.2, 0) is 9.53 Å². The standard InChI is InChI=1S/C20H32O5.Na/c1-2-3-4-8-15(21)10-11-16-17(22)12-18-20(16)14(13-25-18)7-5-6-9-19(23)24;/h7,10-11,15-18,20-22H,2-6,8-9,12-13H2,1H3,(H,23,24);/q;+1/p-1. The Morgan fingerprint density at radius 1 is 1.38 bits per heavy atom. The summed E-state index contributed by atoms with van der Waals surface area (Å²) in [6.45, 7) is 2.69. The normalized spacial score (nSPS) is 30.5. The minimum absolute atomic E-state index is 0. The van der Waals surface area contributed by atoms with Gasteiger partial charge in [0.05, 0.1) is 24.9 Å². The van der Waals surface area contributed by atoms with Crippen molar-refractivity contribution in [2.24, 2.45) is 11.8 Å². The molecule has 0 aromatic rings. The number of allylic oxidation sites excluding steroid dienone is 1. The number of hydrogen-bond acceptors (Lipinski definition) is 5. The van der Waals surface area contributed by atoms with Crippen LogP contribution in [0.1, 0.15) is 58.3 Å². The van der Waals surface area contributed by atoms with Crippen molar-refractivity contribution in [3.05, 3.63) is 23.8 Å². The average Bonchev–Trinajstić information content (AvgIpc) is 3.08. The van der Waals surface area contributed by atoms with Gasteiger partial charge in [-0.1, -0.05) is 44.4 Å². The summed E-state index contributed by atoms with van der Waals surface area (Å²) in [5.74, 6) is -0.925. The molecule has 2 aliphatic rings. The van der Waals surface area contributed by atoms with Gasteiger partial charge in [0.15, 0.2) is 0 Å². The number of ether oxygens (including phenoxy) is 1. The quantitative estimate of drug-likeness (QED) is 0.283. The van der Waals surface area contributed by atoms with E-state index in [1.165, 1.54) is 0 Å². The van der Waals surface area contributed by atoms with Gasteiger partial charge in [0.1, 0.15) is 0 Å². The molecule has 1 heterocycles. The number of hydrogen-bond donors (Lipinski definition) is 2. The van der Waals surface area contributed by atoms with Gasteiger partial charge in [-0.2, -0.15) is 0 Å². The third-order valence-corrected chi connectivity index (χ3v) is 5.28. The van der Waals surface area contributed by atoms with Crippen LogP contribution in [0.15, 0.2) is 23.8 Å². The van der Waals surface area contributed by atoms with Crippen LogP contribution in [-0.4, -0.2) is 41.1 Å². The van der Waals surface area contributed by atoms with Crippen LogP contribution in [0.25, 0.3) is 0 Å². The summed E-state index contributed by atoms with van der Waals surface area (Å²) in [7, 11) is 0. The fourth-order valence-corrected chi connectivity index (χ4v) is 3.92. The fraction of sp³-hybridized carbons (Fsp3) is 0.750. The van der Waals surface area contributed by atoms with Crippen molar-refractivity contribution >= 4 is 5.97 Å². The number of aliphatic carboxylic acids is 1. The van der Waals surface area contributed by atoms with Gasteiger partial charge in [-0.15, -0.1) is 0 Å². The van der Waals surface area contributed by atoms with Crippen LogP contribution >= 0.6 is 0 Å². The van der Waals surface area contributed by atoms with Crippen LogP contribution < -0.4 is 34.7 Å². The maximum absolute atomic E-state index is 10.5. The van der Waals surface area contributed by atoms with Crippen molar-refractivity contribution < 1.29 is 54.4 Å². The molecule has 6 heteroatoms. The predicted molar refractivity (Wildman–Crippen MR) is 93.6 cm³/mol. The monoisotopic (exact) mass is 374 g/mol. The van der Waals surface area contributed by atoms with Gasteiger partial charge in [0, 0.05) is 24.2 Å². The molecule has 2 fully saturated rings. The van der Waals surface area contributed by atoms with E-state index in [-0.39, 0.29) is 53.9 Å². The summed E-state index contributed by atoms with van der Waals surface area (Å²) < 4.78 is 5.80. The zero-order chi connectivity index (χ0) is 18.2. The van der Waals surface area contributed by atoms with E-state index in [0.29, 0.717) is 25.9 Å². The predicted octanol–water partition coefficient (Wildman–Crippen LogP) is -1.27. The van der Waals surface area contributed by atoms with Gasteiger partial charge in [-0.3, -0.25) is 0 Å². The number of aliphatic hydroxyl groups is 2. The van der Waals surface area contributed by atoms with E-state index < -0.39 is 18.2 Å². The van der Waals surface area contributed by atoms with Gasteiger partial charge >= 0.3 is 29.6 Å². The van der Waals surface area contributed by atoms with E-state index in [4.69, 9.17) is 4.74 Å². The van der Waals surface area contributed by atoms with Gasteiger partial charge < -0.3 is 24.9 Å². The molecule has 5 nitrogen and oxygen atoms in total. The van der Waals surface area contributed by atoms with E-state index in [9.17, 15) is 20.1 Å². The van der Waals surface area contributed by atoms with Crippen molar-refractivity contribution in [3.63, 3.8) is 0 Å². The molecule has 0 radical (unpaired) electrons. The van der Waals surface area contributed by atoms with E-state index in [1.807, 2.05) is 12.2 Å². The molecular weight excluding hydrogens is 343 g/mol. The average molecular weight is 374 g/mol. The summed E-state index contributed by atoms with van der Waals surface area (Å²) in [4.78, 5) is 10.5. The molecule has 0 spiro atoms. The first kappa shape index (κ1) is 23.9. The number of carbonyl (C=O) groups is 1. The van der Waals surface area contributed by atoms with Crippen molar-refractivity contribution in [3.8, 4) is 0 Å². The molecular formula is C20H31NaO5. The third kappa shape index (κ3) is 7.10. The zero-order valence-electron chi connectivity index (χ0n) is 16.1. The molecule has 1 saturated heterocycles.